The zero-order valence-corrected chi connectivity index (χ0v) is 43.7. The second-order valence-corrected chi connectivity index (χ2v) is 19.7. The Labute approximate surface area is 438 Å². The van der Waals surface area contributed by atoms with Crippen molar-refractivity contribution in [2.24, 2.45) is 5.41 Å². The number of hydrogen-bond acceptors (Lipinski definition) is 17. The number of aliphatic hydroxyl groups is 1. The van der Waals surface area contributed by atoms with Gasteiger partial charge < -0.3 is 66.4 Å². The first-order valence-corrected chi connectivity index (χ1v) is 25.4. The van der Waals surface area contributed by atoms with Crippen molar-refractivity contribution in [2.45, 2.75) is 72.2 Å². The summed E-state index contributed by atoms with van der Waals surface area (Å²) in [5.74, 6) is -2.58. The first-order valence-electron chi connectivity index (χ1n) is 24.5. The van der Waals surface area contributed by atoms with Crippen LogP contribution in [0.15, 0.2) is 60.5 Å². The number of carbonyl (C=O) groups excluding carboxylic acids is 5. The van der Waals surface area contributed by atoms with E-state index in [-0.39, 0.29) is 109 Å². The molecule has 1 fully saturated rings. The summed E-state index contributed by atoms with van der Waals surface area (Å²) in [5, 5.41) is 22.4. The van der Waals surface area contributed by atoms with Gasteiger partial charge >= 0.3 is 0 Å². The van der Waals surface area contributed by atoms with Crippen molar-refractivity contribution >= 4 is 68.8 Å². The maximum atomic E-state index is 15.3. The number of hydrogen-bond donors (Lipinski definition) is 7. The predicted octanol–water partition coefficient (Wildman–Crippen LogP) is 3.68. The number of pyridine rings is 2. The second kappa shape index (κ2) is 27.7. The third-order valence-electron chi connectivity index (χ3n) is 12.2. The molecule has 1 aliphatic rings. The molecule has 0 radical (unpaired) electrons. The molecule has 5 amide bonds. The Morgan fingerprint density at radius 2 is 1.47 bits per heavy atom. The molecule has 6 rings (SSSR count). The van der Waals surface area contributed by atoms with E-state index in [1.807, 2.05) is 52.0 Å². The molecule has 75 heavy (non-hydrogen) atoms. The Balaban J connectivity index is 0.764. The average molecular weight is 1060 g/mol. The van der Waals surface area contributed by atoms with Gasteiger partial charge in [0.1, 0.15) is 31.1 Å². The van der Waals surface area contributed by atoms with Crippen molar-refractivity contribution < 1.29 is 57.2 Å². The zero-order valence-electron chi connectivity index (χ0n) is 42.9. The van der Waals surface area contributed by atoms with Gasteiger partial charge in [0.05, 0.1) is 92.6 Å². The molecule has 0 unspecified atom stereocenters. The van der Waals surface area contributed by atoms with Crippen LogP contribution in [-0.2, 0) is 54.2 Å². The van der Waals surface area contributed by atoms with E-state index < -0.39 is 59.0 Å². The summed E-state index contributed by atoms with van der Waals surface area (Å²) in [6.45, 7) is 10.7. The number of likely N-dealkylation sites (tertiary alicyclic amines) is 1. The highest BCUT2D eigenvalue weighted by Gasteiger charge is 2.44. The van der Waals surface area contributed by atoms with Crippen molar-refractivity contribution in [3.05, 3.63) is 83.1 Å². The summed E-state index contributed by atoms with van der Waals surface area (Å²) in [5.41, 5.74) is 17.7. The van der Waals surface area contributed by atoms with Crippen LogP contribution in [0.3, 0.4) is 0 Å². The molecule has 2 aromatic carbocycles. The molecule has 23 heteroatoms. The Bertz CT molecular complexity index is 2760. The maximum Gasteiger partial charge on any atom is 0.246 e. The Morgan fingerprint density at radius 1 is 0.827 bits per heavy atom. The van der Waals surface area contributed by atoms with E-state index in [9.17, 15) is 29.1 Å². The van der Waals surface area contributed by atoms with E-state index >= 15 is 4.39 Å². The SMILES string of the molecule is Cc1ncsc1-c1ccc(CNC(=O)[C@@H]2C[C@@H](O)CN2C(=O)[C@@H](NC(=O)COCCOCCOCCOCCOCC(=O)NCCC(=O)Nc2cc3cc(-c4cncc(N)c4C)c(F)c(N)c3cn2)C(C)(C)C)cc1. The predicted molar refractivity (Wildman–Crippen MR) is 280 cm³/mol. The van der Waals surface area contributed by atoms with Crippen molar-refractivity contribution in [1.29, 1.82) is 0 Å². The van der Waals surface area contributed by atoms with Crippen LogP contribution in [0.5, 0.6) is 0 Å². The Hall–Kier alpha value is -6.73. The van der Waals surface area contributed by atoms with Gasteiger partial charge in [-0.1, -0.05) is 45.0 Å². The fourth-order valence-corrected chi connectivity index (χ4v) is 8.85. The highest BCUT2D eigenvalue weighted by Crippen LogP contribution is 2.36. The van der Waals surface area contributed by atoms with Crippen LogP contribution in [0.2, 0.25) is 0 Å². The van der Waals surface area contributed by atoms with Crippen LogP contribution in [0.1, 0.15) is 50.4 Å². The van der Waals surface area contributed by atoms with Crippen LogP contribution in [0.4, 0.5) is 21.6 Å². The molecule has 5 aromatic rings. The number of aromatic nitrogens is 3. The van der Waals surface area contributed by atoms with Gasteiger partial charge in [0.25, 0.3) is 0 Å². The van der Waals surface area contributed by atoms with Gasteiger partial charge in [-0.15, -0.1) is 11.3 Å². The fraction of sp³-hybridized carbons (Fsp3) is 0.462. The average Bonchev–Trinajstić information content (AvgIpc) is 4.00. The van der Waals surface area contributed by atoms with Crippen LogP contribution in [0.25, 0.3) is 32.3 Å². The summed E-state index contributed by atoms with van der Waals surface area (Å²) in [6.07, 6.45) is 3.53. The number of fused-ring (bicyclic) bond motifs is 1. The molecule has 3 atom stereocenters. The Morgan fingerprint density at radius 3 is 2.09 bits per heavy atom. The monoisotopic (exact) mass is 1060 g/mol. The van der Waals surface area contributed by atoms with Crippen LogP contribution in [0, 0.1) is 25.1 Å². The number of thiazole rings is 1. The number of β-amino-alcohol motifs (C(OH)–C–C–N with tert-alkyl or cyclic N) is 1. The Kier molecular flexibility index (Phi) is 21.3. The highest BCUT2D eigenvalue weighted by molar-refractivity contribution is 7.13. The van der Waals surface area contributed by atoms with Gasteiger partial charge in [-0.3, -0.25) is 29.0 Å². The third kappa shape index (κ3) is 16.6. The minimum absolute atomic E-state index is 0.0354. The topological polar surface area (TPSA) is 294 Å². The van der Waals surface area contributed by atoms with E-state index in [4.69, 9.17) is 35.2 Å². The molecule has 0 bridgehead atoms. The van der Waals surface area contributed by atoms with E-state index in [0.29, 0.717) is 34.2 Å². The molecule has 9 N–H and O–H groups in total. The summed E-state index contributed by atoms with van der Waals surface area (Å²) >= 11 is 1.56. The number of nitrogens with one attached hydrogen (secondary N) is 4. The molecule has 21 nitrogen and oxygen atoms in total. The molecule has 3 aromatic heterocycles. The van der Waals surface area contributed by atoms with Gasteiger partial charge in [-0.2, -0.15) is 0 Å². The number of aliphatic hydroxyl groups excluding tert-OH is 1. The molecule has 0 saturated carbocycles. The first-order chi connectivity index (χ1) is 35.9. The standard InChI is InChI=1S/C52H67FN10O11S/c1-31-38(24-56-26-40(31)54)37-20-35-21-42(58-25-39(35)47(55)46(37)53)61-43(65)10-11-57-44(66)28-73-18-16-71-14-12-70-13-15-72-17-19-74-29-45(67)62-49(52(3,4)5)51(69)63-27-36(64)22-41(63)50(68)59-23-33-6-8-34(9-7-33)48-32(2)60-30-75-48/h6-9,20-21,24-26,30,36,41,49,64H,10-19,22-23,27-29,54-55H2,1-5H3,(H,57,66)(H,59,68)(H,62,67)(H,58,61,65)/t36-,41+,49-/m1/s1. The van der Waals surface area contributed by atoms with Gasteiger partial charge in [-0.25, -0.2) is 14.4 Å². The molecular formula is C52H67FN10O11S. The molecule has 1 saturated heterocycles. The molecule has 1 aliphatic heterocycles. The normalized spacial score (nSPS) is 14.9. The number of rotatable bonds is 27. The summed E-state index contributed by atoms with van der Waals surface area (Å²) in [4.78, 5) is 80.1. The van der Waals surface area contributed by atoms with Gasteiger partial charge in [-0.05, 0) is 53.5 Å². The summed E-state index contributed by atoms with van der Waals surface area (Å²) in [7, 11) is 0. The maximum absolute atomic E-state index is 15.3. The highest BCUT2D eigenvalue weighted by atomic mass is 32.1. The van der Waals surface area contributed by atoms with Crippen LogP contribution >= 0.6 is 11.3 Å². The lowest BCUT2D eigenvalue weighted by Gasteiger charge is -2.35. The van der Waals surface area contributed by atoms with E-state index in [1.54, 1.807) is 35.9 Å². The largest absolute Gasteiger partial charge is 0.397 e. The number of benzene rings is 2. The minimum Gasteiger partial charge on any atom is -0.397 e. The number of aryl methyl sites for hydroxylation is 1. The molecule has 4 heterocycles. The summed E-state index contributed by atoms with van der Waals surface area (Å²) < 4.78 is 42.6. The first kappa shape index (κ1) is 57.5. The van der Waals surface area contributed by atoms with Gasteiger partial charge in [0, 0.05) is 61.4 Å². The van der Waals surface area contributed by atoms with E-state index in [2.05, 4.69) is 36.2 Å². The van der Waals surface area contributed by atoms with E-state index in [1.165, 1.54) is 23.5 Å². The van der Waals surface area contributed by atoms with Crippen molar-refractivity contribution in [2.75, 3.05) is 95.9 Å². The van der Waals surface area contributed by atoms with Crippen LogP contribution in [-0.4, -0.2) is 152 Å². The van der Waals surface area contributed by atoms with Crippen molar-refractivity contribution in [1.82, 2.24) is 35.8 Å². The van der Waals surface area contributed by atoms with Crippen LogP contribution < -0.4 is 32.7 Å². The molecular weight excluding hydrogens is 992 g/mol. The lowest BCUT2D eigenvalue weighted by atomic mass is 9.85. The number of nitrogen functional groups attached to an aromatic ring is 2. The van der Waals surface area contributed by atoms with Crippen molar-refractivity contribution in [3.8, 4) is 21.6 Å². The van der Waals surface area contributed by atoms with Gasteiger partial charge in [0.2, 0.25) is 29.5 Å². The minimum atomic E-state index is -0.991. The summed E-state index contributed by atoms with van der Waals surface area (Å²) in [6, 6.07) is 9.09. The number of amides is 5. The van der Waals surface area contributed by atoms with E-state index in [0.717, 1.165) is 21.7 Å². The quantitative estimate of drug-likeness (QED) is 0.0292. The second-order valence-electron chi connectivity index (χ2n) is 18.9. The lowest BCUT2D eigenvalue weighted by Crippen LogP contribution is -2.58. The molecule has 0 spiro atoms. The smallest absolute Gasteiger partial charge is 0.246 e. The molecule has 404 valence electrons. The molecule has 0 aliphatic carbocycles. The zero-order chi connectivity index (χ0) is 54.1. The number of ether oxygens (including phenoxy) is 5. The lowest BCUT2D eigenvalue weighted by molar-refractivity contribution is -0.144. The third-order valence-corrected chi connectivity index (χ3v) is 13.1. The number of nitrogens with zero attached hydrogens (tertiary/aromatic N) is 4. The van der Waals surface area contributed by atoms with Crippen molar-refractivity contribution in [3.63, 3.8) is 0 Å². The number of carbonyl (C=O) groups is 5. The van der Waals surface area contributed by atoms with Gasteiger partial charge in [0.15, 0.2) is 5.82 Å². The number of anilines is 3. The fourth-order valence-electron chi connectivity index (χ4n) is 8.04. The number of nitrogens with two attached hydrogens (primary N) is 2. The number of halogens is 1.